The molecular formula is C19H20N4O. The van der Waals surface area contributed by atoms with Crippen molar-refractivity contribution in [3.63, 3.8) is 0 Å². The number of hydrogen-bond donors (Lipinski definition) is 0. The van der Waals surface area contributed by atoms with Crippen LogP contribution >= 0.6 is 0 Å². The number of carbonyl (C=O) groups excluding carboxylic acids is 1. The van der Waals surface area contributed by atoms with Gasteiger partial charge in [-0.2, -0.15) is 0 Å². The lowest BCUT2D eigenvalue weighted by Gasteiger charge is -2.36. The van der Waals surface area contributed by atoms with Crippen molar-refractivity contribution in [2.45, 2.75) is 6.92 Å². The number of carbonyl (C=O) groups is 1. The number of para-hydroxylation sites is 1. The van der Waals surface area contributed by atoms with E-state index >= 15 is 0 Å². The van der Waals surface area contributed by atoms with Crippen LogP contribution in [0.25, 0.3) is 5.65 Å². The minimum Gasteiger partial charge on any atom is -0.368 e. The highest BCUT2D eigenvalue weighted by atomic mass is 16.2. The molecule has 0 bridgehead atoms. The zero-order valence-electron chi connectivity index (χ0n) is 13.7. The number of aromatic nitrogens is 2. The van der Waals surface area contributed by atoms with Crippen LogP contribution < -0.4 is 4.90 Å². The molecule has 24 heavy (non-hydrogen) atoms. The van der Waals surface area contributed by atoms with Crippen molar-refractivity contribution in [1.82, 2.24) is 14.3 Å². The summed E-state index contributed by atoms with van der Waals surface area (Å²) in [4.78, 5) is 21.4. The molecule has 5 heteroatoms. The molecule has 0 spiro atoms. The Kier molecular flexibility index (Phi) is 3.69. The molecule has 1 aromatic carbocycles. The van der Waals surface area contributed by atoms with Gasteiger partial charge in [-0.25, -0.2) is 4.98 Å². The lowest BCUT2D eigenvalue weighted by Crippen LogP contribution is -2.49. The summed E-state index contributed by atoms with van der Waals surface area (Å²) in [6.45, 7) is 5.28. The van der Waals surface area contributed by atoms with Crippen LogP contribution in [0.15, 0.2) is 54.9 Å². The Morgan fingerprint density at radius 2 is 1.75 bits per heavy atom. The smallest absolute Gasteiger partial charge is 0.274 e. The van der Waals surface area contributed by atoms with E-state index in [1.165, 1.54) is 11.3 Å². The third-order valence-electron chi connectivity index (χ3n) is 4.61. The quantitative estimate of drug-likeness (QED) is 0.729. The van der Waals surface area contributed by atoms with Crippen molar-refractivity contribution < 1.29 is 4.79 Å². The Hall–Kier alpha value is -2.82. The van der Waals surface area contributed by atoms with E-state index in [1.807, 2.05) is 39.9 Å². The van der Waals surface area contributed by atoms with Crippen molar-refractivity contribution in [3.05, 3.63) is 66.1 Å². The molecule has 0 unspecified atom stereocenters. The predicted molar refractivity (Wildman–Crippen MR) is 94.5 cm³/mol. The fourth-order valence-electron chi connectivity index (χ4n) is 3.27. The number of imidazole rings is 1. The van der Waals surface area contributed by atoms with Crippen molar-refractivity contribution >= 4 is 17.2 Å². The van der Waals surface area contributed by atoms with Crippen LogP contribution in [0, 0.1) is 6.92 Å². The summed E-state index contributed by atoms with van der Waals surface area (Å²) >= 11 is 0. The molecule has 122 valence electrons. The lowest BCUT2D eigenvalue weighted by atomic mass is 10.1. The van der Waals surface area contributed by atoms with Crippen LogP contribution in [-0.2, 0) is 0 Å². The van der Waals surface area contributed by atoms with Crippen molar-refractivity contribution in [2.75, 3.05) is 31.1 Å². The second kappa shape index (κ2) is 6.00. The summed E-state index contributed by atoms with van der Waals surface area (Å²) in [5.41, 5.74) is 3.86. The molecule has 0 saturated carbocycles. The maximum atomic E-state index is 12.7. The summed E-state index contributed by atoms with van der Waals surface area (Å²) in [5, 5.41) is 0. The number of aryl methyl sites for hydroxylation is 1. The number of pyridine rings is 1. The molecule has 3 heterocycles. The maximum absolute atomic E-state index is 12.7. The molecule has 1 aliphatic heterocycles. The molecule has 0 atom stereocenters. The Morgan fingerprint density at radius 3 is 2.50 bits per heavy atom. The van der Waals surface area contributed by atoms with Crippen LogP contribution in [0.3, 0.4) is 0 Å². The van der Waals surface area contributed by atoms with Gasteiger partial charge in [0.05, 0.1) is 0 Å². The number of benzene rings is 1. The molecule has 1 fully saturated rings. The summed E-state index contributed by atoms with van der Waals surface area (Å²) in [6.07, 6.45) is 3.72. The van der Waals surface area contributed by atoms with E-state index < -0.39 is 0 Å². The summed E-state index contributed by atoms with van der Waals surface area (Å²) in [6, 6.07) is 14.2. The molecule has 2 aromatic heterocycles. The van der Waals surface area contributed by atoms with Crippen molar-refractivity contribution in [2.24, 2.45) is 0 Å². The van der Waals surface area contributed by atoms with E-state index in [-0.39, 0.29) is 5.91 Å². The lowest BCUT2D eigenvalue weighted by molar-refractivity contribution is 0.0741. The Balaban J connectivity index is 1.47. The average Bonchev–Trinajstić information content (AvgIpc) is 3.06. The third kappa shape index (κ3) is 2.62. The molecule has 1 saturated heterocycles. The topological polar surface area (TPSA) is 40.9 Å². The van der Waals surface area contributed by atoms with Crippen LogP contribution in [-0.4, -0.2) is 46.4 Å². The van der Waals surface area contributed by atoms with Gasteiger partial charge in [0, 0.05) is 44.3 Å². The molecule has 3 aromatic rings. The fourth-order valence-corrected chi connectivity index (χ4v) is 3.27. The molecule has 1 amide bonds. The summed E-state index contributed by atoms with van der Waals surface area (Å²) < 4.78 is 1.89. The number of rotatable bonds is 2. The molecule has 5 nitrogen and oxygen atoms in total. The molecule has 0 aliphatic carbocycles. The van der Waals surface area contributed by atoms with Gasteiger partial charge in [-0.1, -0.05) is 24.3 Å². The van der Waals surface area contributed by atoms with E-state index in [2.05, 4.69) is 41.1 Å². The van der Waals surface area contributed by atoms with Gasteiger partial charge in [0.1, 0.15) is 11.3 Å². The average molecular weight is 320 g/mol. The molecule has 0 radical (unpaired) electrons. The first-order valence-corrected chi connectivity index (χ1v) is 8.26. The van der Waals surface area contributed by atoms with Gasteiger partial charge in [0.25, 0.3) is 5.91 Å². The zero-order chi connectivity index (χ0) is 16.5. The Labute approximate surface area is 141 Å². The van der Waals surface area contributed by atoms with Crippen molar-refractivity contribution in [1.29, 1.82) is 0 Å². The minimum absolute atomic E-state index is 0.0168. The van der Waals surface area contributed by atoms with Crippen molar-refractivity contribution in [3.8, 4) is 0 Å². The molecule has 4 rings (SSSR count). The number of amides is 1. The normalized spacial score (nSPS) is 15.0. The monoisotopic (exact) mass is 320 g/mol. The summed E-state index contributed by atoms with van der Waals surface area (Å²) in [7, 11) is 0. The highest BCUT2D eigenvalue weighted by Gasteiger charge is 2.24. The number of nitrogens with zero attached hydrogens (tertiary/aromatic N) is 4. The number of piperazine rings is 1. The van der Waals surface area contributed by atoms with Crippen LogP contribution in [0.1, 0.15) is 16.1 Å². The first kappa shape index (κ1) is 14.8. The van der Waals surface area contributed by atoms with Crippen LogP contribution in [0.4, 0.5) is 5.69 Å². The van der Waals surface area contributed by atoms with Gasteiger partial charge in [0.15, 0.2) is 0 Å². The first-order chi connectivity index (χ1) is 11.7. The first-order valence-electron chi connectivity index (χ1n) is 8.26. The van der Waals surface area contributed by atoms with Crippen LogP contribution in [0.2, 0.25) is 0 Å². The minimum atomic E-state index is 0.0168. The van der Waals surface area contributed by atoms with E-state index in [0.717, 1.165) is 31.8 Å². The van der Waals surface area contributed by atoms with Gasteiger partial charge in [-0.15, -0.1) is 0 Å². The highest BCUT2D eigenvalue weighted by molar-refractivity contribution is 5.93. The van der Waals surface area contributed by atoms with E-state index in [1.54, 1.807) is 0 Å². The highest BCUT2D eigenvalue weighted by Crippen LogP contribution is 2.21. The number of fused-ring (bicyclic) bond motifs is 1. The predicted octanol–water partition coefficient (Wildman–Crippen LogP) is 2.61. The largest absolute Gasteiger partial charge is 0.368 e. The fraction of sp³-hybridized carbons (Fsp3) is 0.263. The maximum Gasteiger partial charge on any atom is 0.274 e. The van der Waals surface area contributed by atoms with E-state index in [9.17, 15) is 4.79 Å². The van der Waals surface area contributed by atoms with E-state index in [4.69, 9.17) is 0 Å². The van der Waals surface area contributed by atoms with Crippen LogP contribution in [0.5, 0.6) is 0 Å². The second-order valence-electron chi connectivity index (χ2n) is 6.16. The third-order valence-corrected chi connectivity index (χ3v) is 4.61. The number of hydrogen-bond acceptors (Lipinski definition) is 3. The molecule has 1 aliphatic rings. The van der Waals surface area contributed by atoms with Gasteiger partial charge < -0.3 is 14.2 Å². The number of anilines is 1. The van der Waals surface area contributed by atoms with Gasteiger partial charge in [-0.05, 0) is 30.7 Å². The van der Waals surface area contributed by atoms with Gasteiger partial charge in [0.2, 0.25) is 0 Å². The second-order valence-corrected chi connectivity index (χ2v) is 6.16. The Bertz CT molecular complexity index is 845. The summed E-state index contributed by atoms with van der Waals surface area (Å²) in [5.74, 6) is 0.0168. The van der Waals surface area contributed by atoms with Gasteiger partial charge in [-0.3, -0.25) is 4.79 Å². The standard InChI is InChI=1S/C19H20N4O/c1-15-6-2-3-7-17(15)21-10-12-22(13-11-21)19(24)16-14-23-9-5-4-8-18(23)20-16/h2-9,14H,10-13H2,1H3. The van der Waals surface area contributed by atoms with Gasteiger partial charge >= 0.3 is 0 Å². The van der Waals surface area contributed by atoms with E-state index in [0.29, 0.717) is 5.69 Å². The Morgan fingerprint density at radius 1 is 1.00 bits per heavy atom. The SMILES string of the molecule is Cc1ccccc1N1CCN(C(=O)c2cn3ccccc3n2)CC1. The molecular weight excluding hydrogens is 300 g/mol. The zero-order valence-corrected chi connectivity index (χ0v) is 13.7. The molecule has 0 N–H and O–H groups in total.